The molecule has 0 bridgehead atoms. The summed E-state index contributed by atoms with van der Waals surface area (Å²) >= 11 is 0. The third-order valence-electron chi connectivity index (χ3n) is 4.19. The zero-order chi connectivity index (χ0) is 17.2. The maximum Gasteiger partial charge on any atom is 0.248 e. The van der Waals surface area contributed by atoms with Gasteiger partial charge in [0.05, 0.1) is 14.2 Å². The molecular formula is C18H17N5O2. The lowest BCUT2D eigenvalue weighted by Crippen LogP contribution is -2.20. The van der Waals surface area contributed by atoms with Crippen LogP contribution in [0.5, 0.6) is 11.5 Å². The fraction of sp³-hybridized carbons (Fsp3) is 0.167. The van der Waals surface area contributed by atoms with E-state index in [9.17, 15) is 0 Å². The maximum atomic E-state index is 5.51. The molecule has 1 atom stereocenters. The number of nitrogens with one attached hydrogen (secondary N) is 1. The Hall–Kier alpha value is -3.35. The highest BCUT2D eigenvalue weighted by molar-refractivity contribution is 5.77. The van der Waals surface area contributed by atoms with Gasteiger partial charge in [0.2, 0.25) is 5.95 Å². The standard InChI is InChI=1S/C18H17N5O2/c1-24-13-9-7-12(8-10-13)15-11-16(23-18(19-15)20-21-22-23)14-5-3-4-6-17(14)25-2/h3-11,16H,1-2H3,(H,19,20,22). The van der Waals surface area contributed by atoms with Gasteiger partial charge in [0.25, 0.3) is 0 Å². The molecule has 0 amide bonds. The summed E-state index contributed by atoms with van der Waals surface area (Å²) in [7, 11) is 3.31. The smallest absolute Gasteiger partial charge is 0.248 e. The van der Waals surface area contributed by atoms with Gasteiger partial charge in [-0.05, 0) is 52.4 Å². The Labute approximate surface area is 144 Å². The summed E-state index contributed by atoms with van der Waals surface area (Å²) in [6.45, 7) is 0. The molecule has 2 heterocycles. The molecule has 25 heavy (non-hydrogen) atoms. The number of rotatable bonds is 4. The number of benzene rings is 2. The highest BCUT2D eigenvalue weighted by atomic mass is 16.5. The minimum atomic E-state index is -0.167. The number of hydrogen-bond acceptors (Lipinski definition) is 6. The second kappa shape index (κ2) is 6.27. The van der Waals surface area contributed by atoms with Crippen LogP contribution in [0.2, 0.25) is 0 Å². The van der Waals surface area contributed by atoms with E-state index in [1.807, 2.05) is 48.5 Å². The summed E-state index contributed by atoms with van der Waals surface area (Å²) < 4.78 is 12.5. The SMILES string of the molecule is COc1ccc(C2=CC(c3ccccc3OC)n3nnnc3N2)cc1. The van der Waals surface area contributed by atoms with Gasteiger partial charge < -0.3 is 14.8 Å². The van der Waals surface area contributed by atoms with E-state index in [0.717, 1.165) is 28.3 Å². The van der Waals surface area contributed by atoms with Crippen molar-refractivity contribution in [2.75, 3.05) is 19.5 Å². The minimum absolute atomic E-state index is 0.167. The number of fused-ring (bicyclic) bond motifs is 1. The Bertz CT molecular complexity index is 917. The number of nitrogens with zero attached hydrogens (tertiary/aromatic N) is 4. The van der Waals surface area contributed by atoms with E-state index in [-0.39, 0.29) is 6.04 Å². The van der Waals surface area contributed by atoms with Gasteiger partial charge in [-0.2, -0.15) is 4.68 Å². The molecule has 1 N–H and O–H groups in total. The van der Waals surface area contributed by atoms with Crippen LogP contribution >= 0.6 is 0 Å². The molecule has 0 fully saturated rings. The topological polar surface area (TPSA) is 74.1 Å². The van der Waals surface area contributed by atoms with Gasteiger partial charge in [0.1, 0.15) is 17.5 Å². The fourth-order valence-electron chi connectivity index (χ4n) is 2.93. The largest absolute Gasteiger partial charge is 0.497 e. The van der Waals surface area contributed by atoms with Gasteiger partial charge >= 0.3 is 0 Å². The van der Waals surface area contributed by atoms with Crippen molar-refractivity contribution < 1.29 is 9.47 Å². The molecule has 0 aliphatic carbocycles. The first-order valence-electron chi connectivity index (χ1n) is 7.84. The monoisotopic (exact) mass is 335 g/mol. The first-order valence-corrected chi connectivity index (χ1v) is 7.84. The Kier molecular flexibility index (Phi) is 3.81. The van der Waals surface area contributed by atoms with Crippen molar-refractivity contribution in [1.29, 1.82) is 0 Å². The molecule has 0 saturated carbocycles. The molecule has 126 valence electrons. The molecule has 0 radical (unpaired) electrons. The van der Waals surface area contributed by atoms with Crippen molar-refractivity contribution in [1.82, 2.24) is 20.2 Å². The van der Waals surface area contributed by atoms with E-state index in [2.05, 4.69) is 26.9 Å². The summed E-state index contributed by atoms with van der Waals surface area (Å²) in [6.07, 6.45) is 2.09. The predicted molar refractivity (Wildman–Crippen MR) is 93.5 cm³/mol. The number of aromatic nitrogens is 4. The van der Waals surface area contributed by atoms with E-state index in [1.54, 1.807) is 18.9 Å². The quantitative estimate of drug-likeness (QED) is 0.790. The van der Waals surface area contributed by atoms with Gasteiger partial charge in [0, 0.05) is 11.3 Å². The van der Waals surface area contributed by atoms with Crippen LogP contribution in [0.1, 0.15) is 17.2 Å². The second-order valence-electron chi connectivity index (χ2n) is 5.57. The number of ether oxygens (including phenoxy) is 2. The number of tetrazole rings is 1. The molecule has 0 saturated heterocycles. The normalized spacial score (nSPS) is 15.8. The molecule has 2 aromatic carbocycles. The summed E-state index contributed by atoms with van der Waals surface area (Å²) in [4.78, 5) is 0. The molecule has 4 rings (SSSR count). The molecule has 0 spiro atoms. The minimum Gasteiger partial charge on any atom is -0.497 e. The first-order chi connectivity index (χ1) is 12.3. The van der Waals surface area contributed by atoms with Crippen molar-refractivity contribution in [3.63, 3.8) is 0 Å². The van der Waals surface area contributed by atoms with Crippen LogP contribution in [0.25, 0.3) is 5.70 Å². The van der Waals surface area contributed by atoms with Crippen LogP contribution in [-0.4, -0.2) is 34.4 Å². The van der Waals surface area contributed by atoms with Gasteiger partial charge in [-0.15, -0.1) is 0 Å². The van der Waals surface area contributed by atoms with Gasteiger partial charge in [-0.25, -0.2) is 0 Å². The van der Waals surface area contributed by atoms with Crippen molar-refractivity contribution in [3.8, 4) is 11.5 Å². The van der Waals surface area contributed by atoms with Crippen LogP contribution < -0.4 is 14.8 Å². The molecule has 1 aliphatic rings. The molecule has 1 aromatic heterocycles. The number of allylic oxidation sites excluding steroid dienone is 1. The summed E-state index contributed by atoms with van der Waals surface area (Å²) in [5, 5.41) is 15.3. The first kappa shape index (κ1) is 15.2. The summed E-state index contributed by atoms with van der Waals surface area (Å²) in [6, 6.07) is 15.5. The highest BCUT2D eigenvalue weighted by Crippen LogP contribution is 2.35. The van der Waals surface area contributed by atoms with Crippen molar-refractivity contribution in [2.45, 2.75) is 6.04 Å². The average Bonchev–Trinajstić information content (AvgIpc) is 3.16. The van der Waals surface area contributed by atoms with E-state index in [4.69, 9.17) is 9.47 Å². The lowest BCUT2D eigenvalue weighted by molar-refractivity contribution is 0.403. The Morgan fingerprint density at radius 1 is 1.00 bits per heavy atom. The zero-order valence-electron chi connectivity index (χ0n) is 13.9. The highest BCUT2D eigenvalue weighted by Gasteiger charge is 2.26. The molecule has 1 unspecified atom stereocenters. The summed E-state index contributed by atoms with van der Waals surface area (Å²) in [5.41, 5.74) is 2.95. The number of methoxy groups -OCH3 is 2. The van der Waals surface area contributed by atoms with Crippen LogP contribution in [0, 0.1) is 0 Å². The van der Waals surface area contributed by atoms with Crippen molar-refractivity contribution >= 4 is 11.6 Å². The Balaban J connectivity index is 1.80. The predicted octanol–water partition coefficient (Wildman–Crippen LogP) is 2.75. The molecule has 1 aliphatic heterocycles. The summed E-state index contributed by atoms with van der Waals surface area (Å²) in [5.74, 6) is 2.19. The van der Waals surface area contributed by atoms with E-state index >= 15 is 0 Å². The average molecular weight is 335 g/mol. The number of para-hydroxylation sites is 1. The van der Waals surface area contributed by atoms with Gasteiger partial charge in [0.15, 0.2) is 0 Å². The molecule has 7 nitrogen and oxygen atoms in total. The number of hydrogen-bond donors (Lipinski definition) is 1. The fourth-order valence-corrected chi connectivity index (χ4v) is 2.93. The molecular weight excluding hydrogens is 318 g/mol. The third-order valence-corrected chi connectivity index (χ3v) is 4.19. The maximum absolute atomic E-state index is 5.51. The van der Waals surface area contributed by atoms with Crippen LogP contribution in [-0.2, 0) is 0 Å². The van der Waals surface area contributed by atoms with Crippen LogP contribution in [0.4, 0.5) is 5.95 Å². The lowest BCUT2D eigenvalue weighted by Gasteiger charge is -2.24. The third kappa shape index (κ3) is 2.69. The Morgan fingerprint density at radius 2 is 1.80 bits per heavy atom. The van der Waals surface area contributed by atoms with Gasteiger partial charge in [-0.3, -0.25) is 0 Å². The number of anilines is 1. The zero-order valence-corrected chi connectivity index (χ0v) is 13.9. The van der Waals surface area contributed by atoms with Crippen molar-refractivity contribution in [2.24, 2.45) is 0 Å². The van der Waals surface area contributed by atoms with E-state index < -0.39 is 0 Å². The van der Waals surface area contributed by atoms with E-state index in [1.165, 1.54) is 0 Å². The lowest BCUT2D eigenvalue weighted by atomic mass is 10.0. The second-order valence-corrected chi connectivity index (χ2v) is 5.57. The molecule has 3 aromatic rings. The van der Waals surface area contributed by atoms with Gasteiger partial charge in [-0.1, -0.05) is 23.3 Å². The van der Waals surface area contributed by atoms with E-state index in [0.29, 0.717) is 5.95 Å². The van der Waals surface area contributed by atoms with Crippen LogP contribution in [0.15, 0.2) is 54.6 Å². The Morgan fingerprint density at radius 3 is 2.56 bits per heavy atom. The molecule has 7 heteroatoms. The van der Waals surface area contributed by atoms with Crippen LogP contribution in [0.3, 0.4) is 0 Å². The van der Waals surface area contributed by atoms with Crippen molar-refractivity contribution in [3.05, 3.63) is 65.7 Å².